The van der Waals surface area contributed by atoms with Crippen LogP contribution in [0, 0.1) is 0 Å². The summed E-state index contributed by atoms with van der Waals surface area (Å²) in [5, 5.41) is 9.95. The molecular formula is C30H36BNO4. The van der Waals surface area contributed by atoms with Gasteiger partial charge in [-0.1, -0.05) is 84.9 Å². The Kier molecular flexibility index (Phi) is 7.69. The Morgan fingerprint density at radius 2 is 1.42 bits per heavy atom. The molecule has 0 aromatic heterocycles. The number of carboxylic acids is 1. The van der Waals surface area contributed by atoms with Crippen molar-refractivity contribution in [3.8, 4) is 0 Å². The molecule has 1 fully saturated rings. The monoisotopic (exact) mass is 485 g/mol. The van der Waals surface area contributed by atoms with Gasteiger partial charge in [0.05, 0.1) is 17.6 Å². The average Bonchev–Trinajstić information content (AvgIpc) is 3.08. The summed E-state index contributed by atoms with van der Waals surface area (Å²) in [7, 11) is -0.505. The fourth-order valence-corrected chi connectivity index (χ4v) is 4.72. The highest BCUT2D eigenvalue weighted by Crippen LogP contribution is 2.38. The van der Waals surface area contributed by atoms with Crippen LogP contribution in [0.2, 0.25) is 0 Å². The smallest absolute Gasteiger partial charge is 0.481 e. The second-order valence-electron chi connectivity index (χ2n) is 10.6. The molecule has 1 N–H and O–H groups in total. The van der Waals surface area contributed by atoms with E-state index in [9.17, 15) is 9.90 Å². The van der Waals surface area contributed by atoms with Crippen molar-refractivity contribution in [2.75, 3.05) is 0 Å². The maximum absolute atomic E-state index is 12.1. The van der Waals surface area contributed by atoms with Gasteiger partial charge in [-0.15, -0.1) is 0 Å². The Labute approximate surface area is 215 Å². The number of nitrogens with zero attached hydrogens (tertiary/aromatic N) is 1. The van der Waals surface area contributed by atoms with Crippen LogP contribution in [0.15, 0.2) is 84.9 Å². The van der Waals surface area contributed by atoms with Crippen LogP contribution in [-0.2, 0) is 20.6 Å². The highest BCUT2D eigenvalue weighted by Gasteiger charge is 2.51. The molecule has 1 heterocycles. The van der Waals surface area contributed by atoms with E-state index in [0.717, 1.165) is 22.2 Å². The van der Waals surface area contributed by atoms with Crippen molar-refractivity contribution in [2.24, 2.45) is 0 Å². The molecule has 1 aliphatic heterocycles. The predicted molar refractivity (Wildman–Crippen MR) is 144 cm³/mol. The summed E-state index contributed by atoms with van der Waals surface area (Å²) in [6.45, 7) is 10.9. The summed E-state index contributed by atoms with van der Waals surface area (Å²) in [6.07, 6.45) is -0.0170. The van der Waals surface area contributed by atoms with E-state index < -0.39 is 24.3 Å². The molecule has 0 amide bonds. The summed E-state index contributed by atoms with van der Waals surface area (Å²) < 4.78 is 12.6. The highest BCUT2D eigenvalue weighted by atomic mass is 16.7. The van der Waals surface area contributed by atoms with E-state index in [1.54, 1.807) is 0 Å². The number of hydrogen-bond donors (Lipinski definition) is 1. The van der Waals surface area contributed by atoms with Crippen LogP contribution in [0.3, 0.4) is 0 Å². The molecule has 36 heavy (non-hydrogen) atoms. The molecular weight excluding hydrogens is 449 g/mol. The largest absolute Gasteiger partial charge is 0.494 e. The van der Waals surface area contributed by atoms with Gasteiger partial charge >= 0.3 is 13.1 Å². The predicted octanol–water partition coefficient (Wildman–Crippen LogP) is 5.77. The maximum Gasteiger partial charge on any atom is 0.494 e. The van der Waals surface area contributed by atoms with Gasteiger partial charge in [-0.05, 0) is 56.8 Å². The van der Waals surface area contributed by atoms with Gasteiger partial charge in [-0.3, -0.25) is 9.69 Å². The number of hydrogen-bond acceptors (Lipinski definition) is 4. The molecule has 0 saturated carbocycles. The van der Waals surface area contributed by atoms with E-state index in [0.29, 0.717) is 6.54 Å². The maximum atomic E-state index is 12.1. The minimum Gasteiger partial charge on any atom is -0.481 e. The third-order valence-corrected chi connectivity index (χ3v) is 7.58. The van der Waals surface area contributed by atoms with Gasteiger partial charge in [0.25, 0.3) is 0 Å². The Bertz CT molecular complexity index is 1150. The van der Waals surface area contributed by atoms with E-state index in [1.165, 1.54) is 0 Å². The van der Waals surface area contributed by atoms with E-state index >= 15 is 0 Å². The summed E-state index contributed by atoms with van der Waals surface area (Å²) in [5.74, 6) is -0.834. The molecule has 2 atom stereocenters. The Hall–Kier alpha value is -2.93. The van der Waals surface area contributed by atoms with Crippen LogP contribution in [0.1, 0.15) is 69.8 Å². The first-order chi connectivity index (χ1) is 17.1. The second kappa shape index (κ2) is 10.6. The number of carboxylic acid groups (broad SMARTS) is 1. The van der Waals surface area contributed by atoms with Crippen molar-refractivity contribution in [3.63, 3.8) is 0 Å². The van der Waals surface area contributed by atoms with Crippen LogP contribution < -0.4 is 5.46 Å². The lowest BCUT2D eigenvalue weighted by molar-refractivity contribution is -0.138. The van der Waals surface area contributed by atoms with Crippen molar-refractivity contribution in [3.05, 3.63) is 102 Å². The minimum atomic E-state index is -0.834. The lowest BCUT2D eigenvalue weighted by Gasteiger charge is -2.37. The van der Waals surface area contributed by atoms with Crippen molar-refractivity contribution < 1.29 is 19.2 Å². The molecule has 188 valence electrons. The SMILES string of the molecule is CC(c1ccccc1)N(Cc1ccccc1)C(CC(=O)O)c1cccc(B2OC(C)(C)C(C)(C)O2)c1. The van der Waals surface area contributed by atoms with Gasteiger partial charge in [0.1, 0.15) is 0 Å². The lowest BCUT2D eigenvalue weighted by atomic mass is 9.77. The van der Waals surface area contributed by atoms with Crippen molar-refractivity contribution in [2.45, 2.75) is 70.9 Å². The van der Waals surface area contributed by atoms with Crippen LogP contribution >= 0.6 is 0 Å². The van der Waals surface area contributed by atoms with Crippen LogP contribution in [0.5, 0.6) is 0 Å². The molecule has 3 aromatic carbocycles. The normalized spacial score (nSPS) is 18.2. The fourth-order valence-electron chi connectivity index (χ4n) is 4.72. The van der Waals surface area contributed by atoms with Crippen molar-refractivity contribution in [1.82, 2.24) is 4.90 Å². The molecule has 4 rings (SSSR count). The van der Waals surface area contributed by atoms with E-state index in [4.69, 9.17) is 9.31 Å². The van der Waals surface area contributed by atoms with Crippen LogP contribution in [0.25, 0.3) is 0 Å². The number of carbonyl (C=O) groups is 1. The topological polar surface area (TPSA) is 59.0 Å². The summed E-state index contributed by atoms with van der Waals surface area (Å²) >= 11 is 0. The number of aliphatic carboxylic acids is 1. The molecule has 5 nitrogen and oxygen atoms in total. The van der Waals surface area contributed by atoms with Crippen molar-refractivity contribution >= 4 is 18.6 Å². The Balaban J connectivity index is 1.73. The van der Waals surface area contributed by atoms with Crippen LogP contribution in [-0.4, -0.2) is 34.3 Å². The number of benzene rings is 3. The van der Waals surface area contributed by atoms with Gasteiger partial charge < -0.3 is 14.4 Å². The lowest BCUT2D eigenvalue weighted by Crippen LogP contribution is -2.41. The van der Waals surface area contributed by atoms with Gasteiger partial charge in [-0.2, -0.15) is 0 Å². The van der Waals surface area contributed by atoms with Gasteiger partial charge in [-0.25, -0.2) is 0 Å². The summed E-state index contributed by atoms with van der Waals surface area (Å²) in [5.41, 5.74) is 3.21. The second-order valence-corrected chi connectivity index (χ2v) is 10.6. The first-order valence-electron chi connectivity index (χ1n) is 12.6. The molecule has 0 radical (unpaired) electrons. The third-order valence-electron chi connectivity index (χ3n) is 7.58. The molecule has 0 aliphatic carbocycles. The van der Waals surface area contributed by atoms with Crippen molar-refractivity contribution in [1.29, 1.82) is 0 Å². The van der Waals surface area contributed by atoms with E-state index in [1.807, 2.05) is 88.4 Å². The zero-order valence-corrected chi connectivity index (χ0v) is 21.8. The zero-order chi connectivity index (χ0) is 25.9. The molecule has 2 unspecified atom stereocenters. The first kappa shape index (κ1) is 26.1. The minimum absolute atomic E-state index is 0.00346. The summed E-state index contributed by atoms with van der Waals surface area (Å²) in [4.78, 5) is 14.4. The zero-order valence-electron chi connectivity index (χ0n) is 21.8. The van der Waals surface area contributed by atoms with Gasteiger partial charge in [0.2, 0.25) is 0 Å². The van der Waals surface area contributed by atoms with E-state index in [2.05, 4.69) is 36.1 Å². The Morgan fingerprint density at radius 1 is 0.861 bits per heavy atom. The Morgan fingerprint density at radius 3 is 2.00 bits per heavy atom. The first-order valence-corrected chi connectivity index (χ1v) is 12.6. The van der Waals surface area contributed by atoms with Gasteiger partial charge in [0.15, 0.2) is 0 Å². The fraction of sp³-hybridized carbons (Fsp3) is 0.367. The average molecular weight is 485 g/mol. The molecule has 3 aromatic rings. The molecule has 0 bridgehead atoms. The molecule has 1 aliphatic rings. The third kappa shape index (κ3) is 5.72. The summed E-state index contributed by atoms with van der Waals surface area (Å²) in [6, 6.07) is 28.1. The molecule has 0 spiro atoms. The van der Waals surface area contributed by atoms with Crippen LogP contribution in [0.4, 0.5) is 0 Å². The highest BCUT2D eigenvalue weighted by molar-refractivity contribution is 6.62. The molecule has 1 saturated heterocycles. The quantitative estimate of drug-likeness (QED) is 0.391. The molecule has 6 heteroatoms. The van der Waals surface area contributed by atoms with E-state index in [-0.39, 0.29) is 18.5 Å². The number of rotatable bonds is 9. The van der Waals surface area contributed by atoms with Gasteiger partial charge in [0, 0.05) is 18.6 Å². The standard InChI is InChI=1S/C30H36BNO4/c1-22(24-15-10-7-11-16-24)32(21-23-13-8-6-9-14-23)27(20-28(33)34)25-17-12-18-26(19-25)31-35-29(2,3)30(4,5)36-31/h6-19,22,27H,20-21H2,1-5H3,(H,33,34).